The molecule has 0 amide bonds. The molecule has 0 aliphatic rings. The number of fused-ring (bicyclic) bond motifs is 1. The number of guanidine groups is 1. The van der Waals surface area contributed by atoms with Crippen molar-refractivity contribution in [1.29, 1.82) is 5.26 Å². The van der Waals surface area contributed by atoms with Crippen LogP contribution in [-0.2, 0) is 10.8 Å². The molecule has 0 saturated heterocycles. The first-order valence-electron chi connectivity index (χ1n) is 6.46. The summed E-state index contributed by atoms with van der Waals surface area (Å²) in [5.41, 5.74) is 6.40. The van der Waals surface area contributed by atoms with Crippen LogP contribution in [0.5, 0.6) is 0 Å². The number of nitrogens with two attached hydrogens (primary N) is 1. The number of halogens is 1. The maximum Gasteiger partial charge on any atom is 0.204 e. The highest BCUT2D eigenvalue weighted by molar-refractivity contribution is 7.87. The van der Waals surface area contributed by atoms with Gasteiger partial charge in [-0.05, 0) is 25.1 Å². The van der Waals surface area contributed by atoms with Gasteiger partial charge in [-0.3, -0.25) is 9.20 Å². The summed E-state index contributed by atoms with van der Waals surface area (Å²) < 4.78 is 13.8. The maximum atomic E-state index is 12.3. The molecule has 1 aromatic heterocycles. The van der Waals surface area contributed by atoms with Crippen molar-refractivity contribution in [3.05, 3.63) is 23.2 Å². The van der Waals surface area contributed by atoms with Gasteiger partial charge in [0.25, 0.3) is 0 Å². The first-order valence-corrected chi connectivity index (χ1v) is 8.98. The second kappa shape index (κ2) is 7.54. The molecule has 1 aromatic carbocycles. The molecule has 0 spiro atoms. The zero-order valence-electron chi connectivity index (χ0n) is 11.8. The summed E-state index contributed by atoms with van der Waals surface area (Å²) in [6.45, 7) is 2.55. The van der Waals surface area contributed by atoms with Crippen LogP contribution >= 0.6 is 22.9 Å². The van der Waals surface area contributed by atoms with Crippen LogP contribution in [0.15, 0.2) is 27.5 Å². The third-order valence-corrected chi connectivity index (χ3v) is 5.65. The third-order valence-electron chi connectivity index (χ3n) is 2.74. The molecule has 9 heteroatoms. The minimum absolute atomic E-state index is 0.137. The number of aliphatic imine (C=N–C) groups is 1. The number of thiazole rings is 1. The van der Waals surface area contributed by atoms with Gasteiger partial charge in [-0.15, -0.1) is 11.3 Å². The SMILES string of the molecule is CCN=C(N)N(C#N)CCS(=O)c1nc2cc(Cl)ccc2s1. The average molecular weight is 356 g/mol. The monoisotopic (exact) mass is 355 g/mol. The summed E-state index contributed by atoms with van der Waals surface area (Å²) in [5.74, 6) is 0.388. The number of benzene rings is 1. The van der Waals surface area contributed by atoms with E-state index in [1.807, 2.05) is 19.2 Å². The lowest BCUT2D eigenvalue weighted by atomic mass is 10.3. The molecule has 2 aromatic rings. The molecular formula is C13H14ClN5OS2. The molecule has 1 unspecified atom stereocenters. The van der Waals surface area contributed by atoms with Crippen molar-refractivity contribution in [3.8, 4) is 6.19 Å². The minimum atomic E-state index is -1.30. The predicted octanol–water partition coefficient (Wildman–Crippen LogP) is 2.17. The summed E-state index contributed by atoms with van der Waals surface area (Å²) in [7, 11) is -1.30. The van der Waals surface area contributed by atoms with Gasteiger partial charge in [-0.1, -0.05) is 11.6 Å². The summed E-state index contributed by atoms with van der Waals surface area (Å²) in [4.78, 5) is 9.52. The lowest BCUT2D eigenvalue weighted by Crippen LogP contribution is -2.36. The number of hydrogen-bond donors (Lipinski definition) is 1. The Kier molecular flexibility index (Phi) is 5.71. The zero-order chi connectivity index (χ0) is 16.1. The van der Waals surface area contributed by atoms with E-state index in [1.165, 1.54) is 16.2 Å². The van der Waals surface area contributed by atoms with E-state index in [-0.39, 0.29) is 18.3 Å². The first-order chi connectivity index (χ1) is 10.5. The van der Waals surface area contributed by atoms with Crippen molar-refractivity contribution in [3.63, 3.8) is 0 Å². The van der Waals surface area contributed by atoms with Crippen LogP contribution in [0.25, 0.3) is 10.2 Å². The van der Waals surface area contributed by atoms with E-state index in [2.05, 4.69) is 9.98 Å². The lowest BCUT2D eigenvalue weighted by Gasteiger charge is -2.13. The fourth-order valence-electron chi connectivity index (χ4n) is 1.70. The van der Waals surface area contributed by atoms with Crippen molar-refractivity contribution in [2.75, 3.05) is 18.8 Å². The van der Waals surface area contributed by atoms with Gasteiger partial charge in [-0.25, -0.2) is 9.88 Å². The Labute approximate surface area is 139 Å². The Morgan fingerprint density at radius 3 is 3.09 bits per heavy atom. The molecule has 0 saturated carbocycles. The van der Waals surface area contributed by atoms with Crippen LogP contribution in [0.3, 0.4) is 0 Å². The van der Waals surface area contributed by atoms with Gasteiger partial charge in [0, 0.05) is 23.9 Å². The molecule has 0 aliphatic carbocycles. The van der Waals surface area contributed by atoms with Crippen LogP contribution in [-0.4, -0.2) is 38.9 Å². The molecule has 116 valence electrons. The normalized spacial score (nSPS) is 13.0. The van der Waals surface area contributed by atoms with Gasteiger partial charge in [0.2, 0.25) is 5.96 Å². The smallest absolute Gasteiger partial charge is 0.204 e. The number of rotatable bonds is 5. The van der Waals surface area contributed by atoms with Gasteiger partial charge in [0.15, 0.2) is 10.5 Å². The van der Waals surface area contributed by atoms with Crippen LogP contribution in [0.2, 0.25) is 5.02 Å². The Hall–Kier alpha value is -1.69. The predicted molar refractivity (Wildman–Crippen MR) is 90.4 cm³/mol. The van der Waals surface area contributed by atoms with E-state index in [9.17, 15) is 4.21 Å². The molecule has 1 heterocycles. The Morgan fingerprint density at radius 1 is 1.64 bits per heavy atom. The molecule has 0 fully saturated rings. The molecule has 2 rings (SSSR count). The Morgan fingerprint density at radius 2 is 2.41 bits per heavy atom. The molecule has 6 nitrogen and oxygen atoms in total. The third kappa shape index (κ3) is 3.94. The molecular weight excluding hydrogens is 342 g/mol. The minimum Gasteiger partial charge on any atom is -0.369 e. The van der Waals surface area contributed by atoms with Gasteiger partial charge < -0.3 is 5.73 Å². The van der Waals surface area contributed by atoms with Crippen molar-refractivity contribution in [2.24, 2.45) is 10.7 Å². The fraction of sp³-hybridized carbons (Fsp3) is 0.308. The number of nitrogens with zero attached hydrogens (tertiary/aromatic N) is 4. The van der Waals surface area contributed by atoms with E-state index >= 15 is 0 Å². The summed E-state index contributed by atoms with van der Waals surface area (Å²) in [5, 5.41) is 9.63. The maximum absolute atomic E-state index is 12.3. The average Bonchev–Trinajstić information content (AvgIpc) is 2.91. The van der Waals surface area contributed by atoms with E-state index in [1.54, 1.807) is 12.1 Å². The summed E-state index contributed by atoms with van der Waals surface area (Å²) in [6, 6.07) is 5.36. The van der Waals surface area contributed by atoms with Crippen LogP contribution in [0.4, 0.5) is 0 Å². The number of nitriles is 1. The quantitative estimate of drug-likeness (QED) is 0.384. The molecule has 0 bridgehead atoms. The van der Waals surface area contributed by atoms with Crippen molar-refractivity contribution >= 4 is 49.9 Å². The van der Waals surface area contributed by atoms with E-state index in [4.69, 9.17) is 22.6 Å². The largest absolute Gasteiger partial charge is 0.369 e. The van der Waals surface area contributed by atoms with Crippen molar-refractivity contribution < 1.29 is 4.21 Å². The van der Waals surface area contributed by atoms with E-state index in [0.29, 0.717) is 15.9 Å². The Balaban J connectivity index is 2.08. The second-order valence-corrected chi connectivity index (χ2v) is 7.44. The zero-order valence-corrected chi connectivity index (χ0v) is 14.2. The van der Waals surface area contributed by atoms with Gasteiger partial charge >= 0.3 is 0 Å². The van der Waals surface area contributed by atoms with Crippen molar-refractivity contribution in [1.82, 2.24) is 9.88 Å². The van der Waals surface area contributed by atoms with Gasteiger partial charge in [0.1, 0.15) is 0 Å². The molecule has 22 heavy (non-hydrogen) atoms. The number of aromatic nitrogens is 1. The second-order valence-electron chi connectivity index (χ2n) is 4.23. The van der Waals surface area contributed by atoms with Crippen LogP contribution in [0, 0.1) is 11.5 Å². The number of hydrogen-bond acceptors (Lipinski definition) is 5. The molecule has 0 radical (unpaired) electrons. The van der Waals surface area contributed by atoms with Gasteiger partial charge in [0.05, 0.1) is 21.0 Å². The van der Waals surface area contributed by atoms with Gasteiger partial charge in [-0.2, -0.15) is 5.26 Å². The standard InChI is InChI=1S/C13H14ClN5OS2/c1-2-17-12(16)19(8-15)5-6-22(20)13-18-10-7-9(14)3-4-11(10)21-13/h3-4,7H,2,5-6H2,1H3,(H2,16,17). The van der Waals surface area contributed by atoms with Crippen LogP contribution < -0.4 is 5.73 Å². The molecule has 1 atom stereocenters. The summed E-state index contributed by atoms with van der Waals surface area (Å²) >= 11 is 7.27. The topological polar surface area (TPSA) is 95.4 Å². The summed E-state index contributed by atoms with van der Waals surface area (Å²) in [6.07, 6.45) is 1.94. The van der Waals surface area contributed by atoms with E-state index < -0.39 is 10.8 Å². The van der Waals surface area contributed by atoms with Crippen molar-refractivity contribution in [2.45, 2.75) is 11.3 Å². The lowest BCUT2D eigenvalue weighted by molar-refractivity contribution is 0.596. The highest BCUT2D eigenvalue weighted by Gasteiger charge is 2.14. The fourth-order valence-corrected chi connectivity index (χ4v) is 4.16. The Bertz CT molecular complexity index is 767. The van der Waals surface area contributed by atoms with Crippen LogP contribution in [0.1, 0.15) is 6.92 Å². The molecule has 0 aliphatic heterocycles. The highest BCUT2D eigenvalue weighted by Crippen LogP contribution is 2.26. The molecule has 2 N–H and O–H groups in total. The first kappa shape index (κ1) is 16.7. The highest BCUT2D eigenvalue weighted by atomic mass is 35.5. The van der Waals surface area contributed by atoms with E-state index in [0.717, 1.165) is 10.2 Å².